The van der Waals surface area contributed by atoms with Crippen LogP contribution in [0.15, 0.2) is 18.5 Å². The number of aromatic nitrogens is 3. The number of fused-ring (bicyclic) bond motifs is 1. The fourth-order valence-corrected chi connectivity index (χ4v) is 4.67. The van der Waals surface area contributed by atoms with Gasteiger partial charge in [-0.05, 0) is 31.4 Å². The van der Waals surface area contributed by atoms with Gasteiger partial charge < -0.3 is 19.5 Å². The minimum absolute atomic E-state index is 0.0243. The number of nitrogens with zero attached hydrogens (tertiary/aromatic N) is 4. The quantitative estimate of drug-likeness (QED) is 0.464. The first-order valence-electron chi connectivity index (χ1n) is 11.3. The number of ether oxygens (including phenoxy) is 1. The average Bonchev–Trinajstić information content (AvgIpc) is 3.12. The van der Waals surface area contributed by atoms with Crippen LogP contribution in [0.4, 0.5) is 10.6 Å². The molecule has 0 aliphatic heterocycles. The summed E-state index contributed by atoms with van der Waals surface area (Å²) in [6.07, 6.45) is 6.78. The van der Waals surface area contributed by atoms with Crippen molar-refractivity contribution in [2.45, 2.75) is 64.1 Å². The Bertz CT molecular complexity index is 939. The summed E-state index contributed by atoms with van der Waals surface area (Å²) < 4.78 is 7.72. The number of hydrogen-bond donors (Lipinski definition) is 2. The summed E-state index contributed by atoms with van der Waals surface area (Å²) in [4.78, 5) is 35.3. The smallest absolute Gasteiger partial charge is 0.320 e. The maximum absolute atomic E-state index is 12.5. The molecule has 1 fully saturated rings. The van der Waals surface area contributed by atoms with Crippen molar-refractivity contribution in [2.75, 3.05) is 26.0 Å². The van der Waals surface area contributed by atoms with Gasteiger partial charge in [-0.3, -0.25) is 10.1 Å². The van der Waals surface area contributed by atoms with E-state index in [9.17, 15) is 9.59 Å². The molecule has 2 heterocycles. The number of carbonyl (C=O) groups excluding carboxylic acids is 2. The number of hydrogen-bond acceptors (Lipinski definition) is 5. The fraction of sp³-hybridized carbons (Fsp3) is 0.636. The molecule has 3 rings (SSSR count). The fourth-order valence-electron chi connectivity index (χ4n) is 3.92. The molecular weight excluding hydrogens is 424 g/mol. The molecule has 1 saturated carbocycles. The maximum atomic E-state index is 12.5. The molecule has 1 aliphatic rings. The van der Waals surface area contributed by atoms with Crippen LogP contribution in [0.5, 0.6) is 0 Å². The van der Waals surface area contributed by atoms with Gasteiger partial charge in [-0.25, -0.2) is 14.8 Å². The predicted octanol–water partition coefficient (Wildman–Crippen LogP) is 3.51. The molecule has 0 spiro atoms. The molecule has 2 N–H and O–H groups in total. The van der Waals surface area contributed by atoms with Crippen LogP contribution in [0.25, 0.3) is 11.2 Å². The second-order valence-electron chi connectivity index (χ2n) is 9.99. The van der Waals surface area contributed by atoms with Crippen LogP contribution in [0, 0.1) is 5.92 Å². The molecule has 0 saturated heterocycles. The van der Waals surface area contributed by atoms with Gasteiger partial charge >= 0.3 is 6.03 Å². The standard InChI is InChI=1S/C22H36N6O3Si/c1-27(2)21(29)16-7-6-8-17(13-16)24-22(30)26-19-14-23-20-18(25-19)9-10-28(20)15-31-11-12-32(3,4)5/h9-10,14,16-17H,6-8,11-13,15H2,1-5H3,(H2,24,25,26,30)/t16-,17-/m0/s1. The molecule has 1 aliphatic carbocycles. The Morgan fingerprint density at radius 3 is 2.78 bits per heavy atom. The van der Waals surface area contributed by atoms with E-state index in [2.05, 4.69) is 40.2 Å². The predicted molar refractivity (Wildman–Crippen MR) is 128 cm³/mol. The number of rotatable bonds is 8. The van der Waals surface area contributed by atoms with Gasteiger partial charge in [-0.2, -0.15) is 0 Å². The van der Waals surface area contributed by atoms with Gasteiger partial charge in [-0.1, -0.05) is 26.1 Å². The van der Waals surface area contributed by atoms with Crippen LogP contribution in [0.2, 0.25) is 25.7 Å². The van der Waals surface area contributed by atoms with Crippen molar-refractivity contribution >= 4 is 37.0 Å². The van der Waals surface area contributed by atoms with E-state index < -0.39 is 8.07 Å². The summed E-state index contributed by atoms with van der Waals surface area (Å²) in [6, 6.07) is 2.64. The Morgan fingerprint density at radius 1 is 1.28 bits per heavy atom. The average molecular weight is 461 g/mol. The lowest BCUT2D eigenvalue weighted by atomic mass is 9.85. The third kappa shape index (κ3) is 6.77. The summed E-state index contributed by atoms with van der Waals surface area (Å²) in [5.74, 6) is 0.485. The minimum Gasteiger partial charge on any atom is -0.361 e. The summed E-state index contributed by atoms with van der Waals surface area (Å²) in [6.45, 7) is 8.16. The van der Waals surface area contributed by atoms with Crippen LogP contribution < -0.4 is 10.6 Å². The van der Waals surface area contributed by atoms with Crippen molar-refractivity contribution in [3.63, 3.8) is 0 Å². The van der Waals surface area contributed by atoms with E-state index in [0.717, 1.165) is 37.6 Å². The van der Waals surface area contributed by atoms with Gasteiger partial charge in [0.25, 0.3) is 0 Å². The summed E-state index contributed by atoms with van der Waals surface area (Å²) in [5.41, 5.74) is 1.42. The van der Waals surface area contributed by atoms with Gasteiger partial charge in [0, 0.05) is 46.9 Å². The zero-order chi connectivity index (χ0) is 23.3. The highest BCUT2D eigenvalue weighted by molar-refractivity contribution is 6.76. The van der Waals surface area contributed by atoms with Crippen molar-refractivity contribution in [3.05, 3.63) is 18.5 Å². The van der Waals surface area contributed by atoms with E-state index in [1.807, 2.05) is 16.8 Å². The second kappa shape index (κ2) is 10.4. The van der Waals surface area contributed by atoms with Crippen molar-refractivity contribution in [1.29, 1.82) is 0 Å². The number of urea groups is 1. The summed E-state index contributed by atoms with van der Waals surface area (Å²) >= 11 is 0. The summed E-state index contributed by atoms with van der Waals surface area (Å²) in [7, 11) is 2.43. The second-order valence-corrected chi connectivity index (χ2v) is 15.6. The van der Waals surface area contributed by atoms with Crippen LogP contribution in [0.3, 0.4) is 0 Å². The molecular formula is C22H36N6O3Si. The van der Waals surface area contributed by atoms with Gasteiger partial charge in [0.05, 0.1) is 6.20 Å². The lowest BCUT2D eigenvalue weighted by Gasteiger charge is -2.30. The molecule has 176 valence electrons. The largest absolute Gasteiger partial charge is 0.361 e. The van der Waals surface area contributed by atoms with Gasteiger partial charge in [0.15, 0.2) is 11.5 Å². The van der Waals surface area contributed by atoms with E-state index >= 15 is 0 Å². The molecule has 2 aromatic heterocycles. The van der Waals surface area contributed by atoms with Crippen LogP contribution >= 0.6 is 0 Å². The highest BCUT2D eigenvalue weighted by Crippen LogP contribution is 2.25. The number of anilines is 1. The third-order valence-corrected chi connectivity index (χ3v) is 7.44. The van der Waals surface area contributed by atoms with E-state index in [1.165, 1.54) is 0 Å². The van der Waals surface area contributed by atoms with Crippen molar-refractivity contribution < 1.29 is 14.3 Å². The highest BCUT2D eigenvalue weighted by Gasteiger charge is 2.29. The monoisotopic (exact) mass is 460 g/mol. The van der Waals surface area contributed by atoms with Crippen LogP contribution in [-0.4, -0.2) is 66.2 Å². The van der Waals surface area contributed by atoms with Gasteiger partial charge in [0.2, 0.25) is 5.91 Å². The Hall–Kier alpha value is -2.46. The lowest BCUT2D eigenvalue weighted by molar-refractivity contribution is -0.134. The molecule has 2 aromatic rings. The molecule has 0 bridgehead atoms. The number of carbonyl (C=O) groups is 2. The molecule has 3 amide bonds. The minimum atomic E-state index is -1.11. The Labute approximate surface area is 190 Å². The van der Waals surface area contributed by atoms with Crippen LogP contribution in [0.1, 0.15) is 25.7 Å². The first-order valence-corrected chi connectivity index (χ1v) is 15.0. The van der Waals surface area contributed by atoms with E-state index in [0.29, 0.717) is 24.5 Å². The van der Waals surface area contributed by atoms with Gasteiger partial charge in [-0.15, -0.1) is 0 Å². The van der Waals surface area contributed by atoms with Crippen molar-refractivity contribution in [2.24, 2.45) is 5.92 Å². The molecule has 32 heavy (non-hydrogen) atoms. The van der Waals surface area contributed by atoms with E-state index in [1.54, 1.807) is 25.2 Å². The Morgan fingerprint density at radius 2 is 2.06 bits per heavy atom. The number of nitrogens with one attached hydrogen (secondary N) is 2. The zero-order valence-corrected chi connectivity index (χ0v) is 20.9. The molecule has 9 nitrogen and oxygen atoms in total. The molecule has 0 aromatic carbocycles. The topological polar surface area (TPSA) is 101 Å². The molecule has 10 heteroatoms. The highest BCUT2D eigenvalue weighted by atomic mass is 28.3. The van der Waals surface area contributed by atoms with Crippen molar-refractivity contribution in [3.8, 4) is 0 Å². The first kappa shape index (κ1) is 24.2. The van der Waals surface area contributed by atoms with Crippen LogP contribution in [-0.2, 0) is 16.3 Å². The number of amides is 3. The first-order chi connectivity index (χ1) is 15.1. The SMILES string of the molecule is CN(C)C(=O)[C@H]1CCC[C@H](NC(=O)Nc2cnc3c(ccn3COCC[Si](C)(C)C)n2)C1. The van der Waals surface area contributed by atoms with Gasteiger partial charge in [0.1, 0.15) is 12.2 Å². The van der Waals surface area contributed by atoms with Crippen molar-refractivity contribution in [1.82, 2.24) is 24.8 Å². The van der Waals surface area contributed by atoms with E-state index in [4.69, 9.17) is 4.74 Å². The Balaban J connectivity index is 1.52. The van der Waals surface area contributed by atoms with E-state index in [-0.39, 0.29) is 23.9 Å². The molecule has 0 unspecified atom stereocenters. The normalized spacial score (nSPS) is 19.0. The summed E-state index contributed by atoms with van der Waals surface area (Å²) in [5, 5.41) is 5.75. The zero-order valence-electron chi connectivity index (χ0n) is 19.9. The Kier molecular flexibility index (Phi) is 7.89. The third-order valence-electron chi connectivity index (χ3n) is 5.73. The lowest BCUT2D eigenvalue weighted by Crippen LogP contribution is -2.43. The maximum Gasteiger partial charge on any atom is 0.320 e. The molecule has 0 radical (unpaired) electrons. The molecule has 2 atom stereocenters.